The zero-order chi connectivity index (χ0) is 37.4. The predicted octanol–water partition coefficient (Wildman–Crippen LogP) is 13.4. The molecule has 0 fully saturated rings. The molecule has 0 spiro atoms. The summed E-state index contributed by atoms with van der Waals surface area (Å²) in [5, 5.41) is 3.68. The maximum absolute atomic E-state index is 5.31. The molecule has 3 heterocycles. The molecule has 0 amide bonds. The number of nitrogens with zero attached hydrogens (tertiary/aromatic N) is 4. The third kappa shape index (κ3) is 5.12. The van der Waals surface area contributed by atoms with Crippen molar-refractivity contribution in [2.24, 2.45) is 0 Å². The molecule has 7 aromatic carbocycles. The average Bonchev–Trinajstić information content (AvgIpc) is 3.75. The van der Waals surface area contributed by atoms with E-state index in [1.165, 1.54) is 48.0 Å². The predicted molar refractivity (Wildman–Crippen MR) is 233 cm³/mol. The fraction of sp³-hybridized carbons (Fsp3) is 0.0588. The summed E-state index contributed by atoms with van der Waals surface area (Å²) in [4.78, 5) is 20.5. The Morgan fingerprint density at radius 3 is 1.98 bits per heavy atom. The summed E-state index contributed by atoms with van der Waals surface area (Å²) in [6, 6.07) is 58.2. The van der Waals surface area contributed by atoms with E-state index in [4.69, 9.17) is 19.9 Å². The molecule has 4 nitrogen and oxygen atoms in total. The van der Waals surface area contributed by atoms with Crippen LogP contribution in [0.3, 0.4) is 0 Å². The summed E-state index contributed by atoms with van der Waals surface area (Å²) < 4.78 is 2.57. The van der Waals surface area contributed by atoms with Crippen LogP contribution in [0.1, 0.15) is 25.0 Å². The van der Waals surface area contributed by atoms with Crippen molar-refractivity contribution in [3.05, 3.63) is 181 Å². The second-order valence-electron chi connectivity index (χ2n) is 15.0. The van der Waals surface area contributed by atoms with Gasteiger partial charge in [-0.15, -0.1) is 11.3 Å². The summed E-state index contributed by atoms with van der Waals surface area (Å²) >= 11 is 1.84. The second kappa shape index (κ2) is 12.6. The van der Waals surface area contributed by atoms with Gasteiger partial charge in [-0.2, -0.15) is 0 Å². The third-order valence-corrected chi connectivity index (χ3v) is 12.5. The number of rotatable bonds is 5. The molecule has 0 saturated heterocycles. The average molecular weight is 735 g/mol. The normalized spacial score (nSPS) is 13.0. The smallest absolute Gasteiger partial charge is 0.164 e. The molecule has 1 aliphatic carbocycles. The molecule has 0 saturated carbocycles. The molecule has 0 bridgehead atoms. The lowest BCUT2D eigenvalue weighted by molar-refractivity contribution is 0.660. The Morgan fingerprint density at radius 2 is 1.07 bits per heavy atom. The number of fused-ring (bicyclic) bond motifs is 7. The lowest BCUT2D eigenvalue weighted by Crippen LogP contribution is -2.14. The molecule has 0 aliphatic heterocycles. The molecule has 0 N–H and O–H groups in total. The first-order chi connectivity index (χ1) is 27.5. The fourth-order valence-corrected chi connectivity index (χ4v) is 9.80. The lowest BCUT2D eigenvalue weighted by Gasteiger charge is -2.21. The molecular formula is C51H34N4S. The molecule has 10 aromatic rings. The van der Waals surface area contributed by atoms with Gasteiger partial charge in [0.05, 0.1) is 5.52 Å². The first-order valence-electron chi connectivity index (χ1n) is 19.0. The van der Waals surface area contributed by atoms with Gasteiger partial charge < -0.3 is 0 Å². The van der Waals surface area contributed by atoms with E-state index in [0.29, 0.717) is 17.5 Å². The standard InChI is InChI=1S/C51H34N4S/c1-51(2)41-21-5-3-16-38(41)45-40(20-9-22-42(45)51)50-54-48(33-27-25-31(26-28-33)37-19-8-12-32-15-11-29-52-47(32)37)53-49(55-50)35-14-7-13-34(30-35)36-18-10-24-44-46(36)39-17-4-6-23-43(39)56-44/h3-30H,1-2H3. The Balaban J connectivity index is 1.09. The van der Waals surface area contributed by atoms with Gasteiger partial charge in [0.15, 0.2) is 17.5 Å². The molecule has 11 rings (SSSR count). The van der Waals surface area contributed by atoms with E-state index in [1.807, 2.05) is 23.6 Å². The Morgan fingerprint density at radius 1 is 0.446 bits per heavy atom. The first-order valence-corrected chi connectivity index (χ1v) is 19.8. The monoisotopic (exact) mass is 734 g/mol. The largest absolute Gasteiger partial charge is 0.256 e. The molecule has 3 aromatic heterocycles. The van der Waals surface area contributed by atoms with Crippen molar-refractivity contribution in [2.75, 3.05) is 0 Å². The minimum atomic E-state index is -0.145. The molecule has 0 atom stereocenters. The number of pyridine rings is 1. The van der Waals surface area contributed by atoms with Crippen LogP contribution in [0.5, 0.6) is 0 Å². The van der Waals surface area contributed by atoms with E-state index in [-0.39, 0.29) is 5.41 Å². The van der Waals surface area contributed by atoms with Gasteiger partial charge in [-0.3, -0.25) is 4.98 Å². The second-order valence-corrected chi connectivity index (χ2v) is 16.1. The van der Waals surface area contributed by atoms with Crippen molar-refractivity contribution in [3.63, 3.8) is 0 Å². The van der Waals surface area contributed by atoms with Crippen LogP contribution in [0.25, 0.3) is 98.6 Å². The molecule has 264 valence electrons. The minimum Gasteiger partial charge on any atom is -0.256 e. The van der Waals surface area contributed by atoms with Crippen LogP contribution in [0.2, 0.25) is 0 Å². The molecule has 5 heteroatoms. The molecule has 1 aliphatic rings. The van der Waals surface area contributed by atoms with Gasteiger partial charge in [0, 0.05) is 59.4 Å². The third-order valence-electron chi connectivity index (χ3n) is 11.4. The maximum atomic E-state index is 5.31. The Kier molecular flexibility index (Phi) is 7.35. The van der Waals surface area contributed by atoms with Crippen molar-refractivity contribution < 1.29 is 0 Å². The SMILES string of the molecule is CC1(C)c2ccccc2-c2c(-c3nc(-c4ccc(-c5cccc6cccnc56)cc4)nc(-c4cccc(-c5cccc6sc7ccccc7c56)c4)n3)cccc21. The minimum absolute atomic E-state index is 0.145. The summed E-state index contributed by atoms with van der Waals surface area (Å²) in [7, 11) is 0. The van der Waals surface area contributed by atoms with Crippen molar-refractivity contribution in [2.45, 2.75) is 19.3 Å². The number of aromatic nitrogens is 4. The topological polar surface area (TPSA) is 51.6 Å². The van der Waals surface area contributed by atoms with Gasteiger partial charge in [-0.25, -0.2) is 15.0 Å². The summed E-state index contributed by atoms with van der Waals surface area (Å²) in [5.74, 6) is 1.93. The van der Waals surface area contributed by atoms with Gasteiger partial charge in [-0.05, 0) is 63.2 Å². The van der Waals surface area contributed by atoms with Crippen LogP contribution in [0.15, 0.2) is 170 Å². The van der Waals surface area contributed by atoms with E-state index in [0.717, 1.165) is 44.3 Å². The summed E-state index contributed by atoms with van der Waals surface area (Å²) in [6.07, 6.45) is 1.85. The van der Waals surface area contributed by atoms with Crippen molar-refractivity contribution in [1.82, 2.24) is 19.9 Å². The summed E-state index contributed by atoms with van der Waals surface area (Å²) in [6.45, 7) is 4.61. The van der Waals surface area contributed by atoms with Crippen LogP contribution in [-0.2, 0) is 5.41 Å². The molecule has 0 radical (unpaired) electrons. The molecule has 0 unspecified atom stereocenters. The number of benzene rings is 7. The van der Waals surface area contributed by atoms with Gasteiger partial charge in [-0.1, -0.05) is 153 Å². The van der Waals surface area contributed by atoms with E-state index >= 15 is 0 Å². The van der Waals surface area contributed by atoms with Crippen molar-refractivity contribution in [1.29, 1.82) is 0 Å². The Bertz CT molecular complexity index is 3170. The molecular weight excluding hydrogens is 701 g/mol. The number of thiophene rings is 1. The van der Waals surface area contributed by atoms with Crippen molar-refractivity contribution >= 4 is 42.4 Å². The summed E-state index contributed by atoms with van der Waals surface area (Å²) in [5.41, 5.74) is 13.3. The quantitative estimate of drug-likeness (QED) is 0.177. The van der Waals surface area contributed by atoms with Crippen LogP contribution in [-0.4, -0.2) is 19.9 Å². The highest BCUT2D eigenvalue weighted by Gasteiger charge is 2.37. The van der Waals surface area contributed by atoms with E-state index in [1.54, 1.807) is 0 Å². The highest BCUT2D eigenvalue weighted by atomic mass is 32.1. The highest BCUT2D eigenvalue weighted by molar-refractivity contribution is 7.25. The van der Waals surface area contributed by atoms with Crippen LogP contribution in [0, 0.1) is 0 Å². The maximum Gasteiger partial charge on any atom is 0.164 e. The van der Waals surface area contributed by atoms with Crippen LogP contribution in [0.4, 0.5) is 0 Å². The fourth-order valence-electron chi connectivity index (χ4n) is 8.67. The van der Waals surface area contributed by atoms with Gasteiger partial charge >= 0.3 is 0 Å². The lowest BCUT2D eigenvalue weighted by atomic mass is 9.82. The van der Waals surface area contributed by atoms with E-state index < -0.39 is 0 Å². The number of para-hydroxylation sites is 1. The molecule has 56 heavy (non-hydrogen) atoms. The van der Waals surface area contributed by atoms with Crippen molar-refractivity contribution in [3.8, 4) is 67.5 Å². The zero-order valence-corrected chi connectivity index (χ0v) is 31.7. The van der Waals surface area contributed by atoms with E-state index in [2.05, 4.69) is 172 Å². The van der Waals surface area contributed by atoms with Gasteiger partial charge in [0.2, 0.25) is 0 Å². The Labute approximate surface area is 328 Å². The van der Waals surface area contributed by atoms with Gasteiger partial charge in [0.25, 0.3) is 0 Å². The first kappa shape index (κ1) is 32.6. The van der Waals surface area contributed by atoms with Crippen LogP contribution < -0.4 is 0 Å². The number of hydrogen-bond acceptors (Lipinski definition) is 5. The number of hydrogen-bond donors (Lipinski definition) is 0. The van der Waals surface area contributed by atoms with Crippen LogP contribution >= 0.6 is 11.3 Å². The Hall–Kier alpha value is -6.82. The zero-order valence-electron chi connectivity index (χ0n) is 30.9. The van der Waals surface area contributed by atoms with E-state index in [9.17, 15) is 0 Å². The highest BCUT2D eigenvalue weighted by Crippen LogP contribution is 2.51. The van der Waals surface area contributed by atoms with Gasteiger partial charge in [0.1, 0.15) is 0 Å².